The highest BCUT2D eigenvalue weighted by Gasteiger charge is 2.51. The SMILES string of the molecule is C[C@@H](NC(=O)[C@H]1CC[C@H](NS(=O)(=O)c2ccc(B3OC(C)(C)C(C)(C)O3)cc2)CC1)c1ccc(F)cc1. The Kier molecular flexibility index (Phi) is 7.86. The van der Waals surface area contributed by atoms with E-state index in [1.807, 2.05) is 34.6 Å². The van der Waals surface area contributed by atoms with Gasteiger partial charge in [-0.05, 0) is 95.6 Å². The van der Waals surface area contributed by atoms with Gasteiger partial charge in [-0.3, -0.25) is 4.79 Å². The number of hydrogen-bond acceptors (Lipinski definition) is 5. The van der Waals surface area contributed by atoms with E-state index in [0.717, 1.165) is 11.0 Å². The van der Waals surface area contributed by atoms with E-state index in [1.54, 1.807) is 36.4 Å². The zero-order chi connectivity index (χ0) is 27.0. The number of sulfonamides is 1. The van der Waals surface area contributed by atoms with Crippen LogP contribution in [0.5, 0.6) is 0 Å². The van der Waals surface area contributed by atoms with Crippen molar-refractivity contribution in [3.63, 3.8) is 0 Å². The first kappa shape index (κ1) is 27.8. The molecule has 37 heavy (non-hydrogen) atoms. The average molecular weight is 530 g/mol. The number of halogens is 1. The third kappa shape index (κ3) is 6.25. The predicted octanol–water partition coefficient (Wildman–Crippen LogP) is 3.84. The van der Waals surface area contributed by atoms with E-state index in [-0.39, 0.29) is 34.6 Å². The van der Waals surface area contributed by atoms with Crippen molar-refractivity contribution < 1.29 is 26.9 Å². The highest BCUT2D eigenvalue weighted by atomic mass is 32.2. The van der Waals surface area contributed by atoms with Crippen molar-refractivity contribution in [2.24, 2.45) is 5.92 Å². The number of rotatable bonds is 7. The van der Waals surface area contributed by atoms with Gasteiger partial charge in [-0.1, -0.05) is 24.3 Å². The molecule has 0 spiro atoms. The smallest absolute Gasteiger partial charge is 0.399 e. The van der Waals surface area contributed by atoms with Gasteiger partial charge in [0.15, 0.2) is 0 Å². The molecule has 0 aromatic heterocycles. The van der Waals surface area contributed by atoms with E-state index in [2.05, 4.69) is 10.0 Å². The standard InChI is InChI=1S/C27H36BFN2O5S/c1-18(19-6-12-22(29)13-7-19)30-25(32)20-8-14-23(15-9-20)31-37(33,34)24-16-10-21(11-17-24)28-35-26(2,3)27(4,5)36-28/h6-7,10-13,16-18,20,23,31H,8-9,14-15H2,1-5H3,(H,30,32)/t18-,20-,23-/m1/s1. The third-order valence-corrected chi connectivity index (χ3v) is 9.40. The summed E-state index contributed by atoms with van der Waals surface area (Å²) in [5.74, 6) is -0.553. The average Bonchev–Trinajstić information content (AvgIpc) is 3.06. The summed E-state index contributed by atoms with van der Waals surface area (Å²) in [6.45, 7) is 9.75. The lowest BCUT2D eigenvalue weighted by molar-refractivity contribution is -0.126. The van der Waals surface area contributed by atoms with Crippen LogP contribution in [0, 0.1) is 11.7 Å². The Morgan fingerprint density at radius 2 is 1.49 bits per heavy atom. The number of carbonyl (C=O) groups excluding carboxylic acids is 1. The summed E-state index contributed by atoms with van der Waals surface area (Å²) in [7, 11) is -4.26. The first-order valence-corrected chi connectivity index (χ1v) is 14.3. The molecule has 4 rings (SSSR count). The van der Waals surface area contributed by atoms with Crippen LogP contribution in [-0.2, 0) is 24.1 Å². The number of hydrogen-bond donors (Lipinski definition) is 2. The first-order valence-electron chi connectivity index (χ1n) is 12.8. The Morgan fingerprint density at radius 1 is 0.946 bits per heavy atom. The Morgan fingerprint density at radius 3 is 2.03 bits per heavy atom. The number of amides is 1. The van der Waals surface area contributed by atoms with Crippen LogP contribution in [0.4, 0.5) is 4.39 Å². The molecule has 1 saturated heterocycles. The van der Waals surface area contributed by atoms with Crippen LogP contribution >= 0.6 is 0 Å². The lowest BCUT2D eigenvalue weighted by atomic mass is 9.79. The fourth-order valence-electron chi connectivity index (χ4n) is 4.71. The molecule has 2 N–H and O–H groups in total. The summed E-state index contributed by atoms with van der Waals surface area (Å²) in [6.07, 6.45) is 2.34. The highest BCUT2D eigenvalue weighted by Crippen LogP contribution is 2.36. The summed E-state index contributed by atoms with van der Waals surface area (Å²) >= 11 is 0. The van der Waals surface area contributed by atoms with Crippen LogP contribution in [0.2, 0.25) is 0 Å². The molecule has 1 heterocycles. The molecule has 7 nitrogen and oxygen atoms in total. The molecule has 200 valence electrons. The van der Waals surface area contributed by atoms with Crippen LogP contribution in [0.3, 0.4) is 0 Å². The lowest BCUT2D eigenvalue weighted by Crippen LogP contribution is -2.41. The molecule has 1 amide bonds. The number of benzene rings is 2. The molecule has 0 radical (unpaired) electrons. The summed E-state index contributed by atoms with van der Waals surface area (Å²) in [5, 5.41) is 2.99. The molecule has 1 atom stereocenters. The lowest BCUT2D eigenvalue weighted by Gasteiger charge is -2.32. The summed E-state index contributed by atoms with van der Waals surface area (Å²) in [5.41, 5.74) is 0.650. The van der Waals surface area contributed by atoms with E-state index >= 15 is 0 Å². The van der Waals surface area contributed by atoms with Gasteiger partial charge in [-0.25, -0.2) is 17.5 Å². The van der Waals surface area contributed by atoms with Crippen LogP contribution in [-0.4, -0.2) is 38.7 Å². The Balaban J connectivity index is 1.29. The van der Waals surface area contributed by atoms with Gasteiger partial charge >= 0.3 is 7.12 Å². The molecule has 0 unspecified atom stereocenters. The van der Waals surface area contributed by atoms with Crippen LogP contribution in [0.25, 0.3) is 0 Å². The fraction of sp³-hybridized carbons (Fsp3) is 0.519. The molecule has 1 saturated carbocycles. The van der Waals surface area contributed by atoms with Crippen LogP contribution < -0.4 is 15.5 Å². The maximum atomic E-state index is 13.2. The minimum atomic E-state index is -3.70. The van der Waals surface area contributed by atoms with Crippen molar-refractivity contribution in [3.8, 4) is 0 Å². The summed E-state index contributed by atoms with van der Waals surface area (Å²) in [4.78, 5) is 12.9. The van der Waals surface area contributed by atoms with Gasteiger partial charge in [-0.15, -0.1) is 0 Å². The fourth-order valence-corrected chi connectivity index (χ4v) is 6.02. The van der Waals surface area contributed by atoms with Crippen molar-refractivity contribution in [2.75, 3.05) is 0 Å². The third-order valence-electron chi connectivity index (χ3n) is 7.86. The minimum absolute atomic E-state index is 0.0589. The quantitative estimate of drug-likeness (QED) is 0.531. The van der Waals surface area contributed by atoms with Gasteiger partial charge in [0, 0.05) is 12.0 Å². The van der Waals surface area contributed by atoms with Gasteiger partial charge in [0.2, 0.25) is 15.9 Å². The molecule has 2 aromatic rings. The summed E-state index contributed by atoms with van der Waals surface area (Å²) in [6, 6.07) is 12.2. The van der Waals surface area contributed by atoms with Crippen LogP contribution in [0.1, 0.15) is 71.9 Å². The first-order chi connectivity index (χ1) is 17.3. The van der Waals surface area contributed by atoms with Crippen molar-refractivity contribution in [3.05, 3.63) is 59.9 Å². The maximum absolute atomic E-state index is 13.2. The molecule has 2 aromatic carbocycles. The molecule has 0 bridgehead atoms. The minimum Gasteiger partial charge on any atom is -0.399 e. The summed E-state index contributed by atoms with van der Waals surface area (Å²) < 4.78 is 54.0. The Hall–Kier alpha value is -2.27. The van der Waals surface area contributed by atoms with Crippen molar-refractivity contribution >= 4 is 28.5 Å². The van der Waals surface area contributed by atoms with Gasteiger partial charge in [0.1, 0.15) is 5.82 Å². The number of nitrogens with one attached hydrogen (secondary N) is 2. The normalized spacial score (nSPS) is 24.0. The van der Waals surface area contributed by atoms with Gasteiger partial charge in [-0.2, -0.15) is 0 Å². The van der Waals surface area contributed by atoms with Gasteiger partial charge < -0.3 is 14.6 Å². The van der Waals surface area contributed by atoms with Gasteiger partial charge in [0.25, 0.3) is 0 Å². The molecule has 10 heteroatoms. The zero-order valence-electron chi connectivity index (χ0n) is 22.1. The second kappa shape index (κ2) is 10.5. The monoisotopic (exact) mass is 530 g/mol. The van der Waals surface area contributed by atoms with Gasteiger partial charge in [0.05, 0.1) is 22.1 Å². The second-order valence-electron chi connectivity index (χ2n) is 11.1. The second-order valence-corrected chi connectivity index (χ2v) is 12.8. The number of carbonyl (C=O) groups is 1. The molecule has 1 aliphatic heterocycles. The molecule has 2 aliphatic rings. The highest BCUT2D eigenvalue weighted by molar-refractivity contribution is 7.89. The van der Waals surface area contributed by atoms with E-state index in [9.17, 15) is 17.6 Å². The molecular weight excluding hydrogens is 494 g/mol. The molecular formula is C27H36BFN2O5S. The van der Waals surface area contributed by atoms with E-state index < -0.39 is 28.3 Å². The van der Waals surface area contributed by atoms with Crippen LogP contribution in [0.15, 0.2) is 53.4 Å². The Bertz CT molecular complexity index is 1190. The van der Waals surface area contributed by atoms with Crippen molar-refractivity contribution in [1.29, 1.82) is 0 Å². The van der Waals surface area contributed by atoms with E-state index in [1.165, 1.54) is 12.1 Å². The zero-order valence-corrected chi connectivity index (χ0v) is 22.9. The Labute approximate surface area is 219 Å². The maximum Gasteiger partial charge on any atom is 0.494 e. The molecule has 2 fully saturated rings. The van der Waals surface area contributed by atoms with Crippen molar-refractivity contribution in [2.45, 2.75) is 88.5 Å². The predicted molar refractivity (Wildman–Crippen MR) is 141 cm³/mol. The van der Waals surface area contributed by atoms with E-state index in [4.69, 9.17) is 9.31 Å². The van der Waals surface area contributed by atoms with Crippen molar-refractivity contribution in [1.82, 2.24) is 10.0 Å². The molecule has 1 aliphatic carbocycles. The van der Waals surface area contributed by atoms with E-state index in [0.29, 0.717) is 25.7 Å². The largest absolute Gasteiger partial charge is 0.494 e. The topological polar surface area (TPSA) is 93.7 Å².